The summed E-state index contributed by atoms with van der Waals surface area (Å²) < 4.78 is 6.50. The smallest absolute Gasteiger partial charge is 0.0471 e. The third kappa shape index (κ3) is 8.97. The zero-order valence-corrected chi connectivity index (χ0v) is 28.2. The summed E-state index contributed by atoms with van der Waals surface area (Å²) in [7, 11) is 0. The van der Waals surface area contributed by atoms with Gasteiger partial charge < -0.3 is 29.2 Å². The number of hydrogen-bond donors (Lipinski definition) is 0. The summed E-state index contributed by atoms with van der Waals surface area (Å²) in [5, 5.41) is 0. The van der Waals surface area contributed by atoms with Crippen LogP contribution in [0.1, 0.15) is 83.2 Å². The summed E-state index contributed by atoms with van der Waals surface area (Å²) in [6.07, 6.45) is 4.49. The van der Waals surface area contributed by atoms with E-state index in [4.69, 9.17) is 4.42 Å². The Morgan fingerprint density at radius 3 is 2.00 bits per heavy atom. The first-order chi connectivity index (χ1) is 16.8. The number of halogens is 2. The Labute approximate surface area is 258 Å². The molecule has 3 aromatic carbocycles. The molecule has 1 aliphatic rings. The molecular weight excluding hydrogens is 587 g/mol. The standard InChI is InChI=1S/C21H25.C10H9O.C3H6.2ClH.Zr/c1-20(2,3)16-9-7-14-11-15-8-10-17(21(4,5)6)13-19(15)18(14)12-16;1-8-3-2-4-10(8)9-5-6-11-7-9;1-3-2;;;/h7,9-10,12-13H,11H2,1-6H3;2-7H,1H3;1-2H3;2*1H;/q2*-1;;;;+2/p-2. The Balaban J connectivity index is 0.000000358. The van der Waals surface area contributed by atoms with E-state index in [1.54, 1.807) is 36.8 Å². The first-order valence-electron chi connectivity index (χ1n) is 12.7. The van der Waals surface area contributed by atoms with Crippen molar-refractivity contribution in [3.8, 4) is 22.3 Å². The van der Waals surface area contributed by atoms with Crippen molar-refractivity contribution in [1.82, 2.24) is 0 Å². The fraction of sp³-hybridized carbons (Fsp3) is 0.353. The summed E-state index contributed by atoms with van der Waals surface area (Å²) in [6, 6.07) is 23.3. The van der Waals surface area contributed by atoms with Crippen LogP contribution in [-0.2, 0) is 41.5 Å². The molecule has 4 aromatic rings. The second kappa shape index (κ2) is 14.2. The van der Waals surface area contributed by atoms with E-state index >= 15 is 0 Å². The Morgan fingerprint density at radius 2 is 1.50 bits per heavy atom. The molecule has 4 heteroatoms. The summed E-state index contributed by atoms with van der Waals surface area (Å²) >= 11 is 1.55. The van der Waals surface area contributed by atoms with Gasteiger partial charge >= 0.3 is 41.3 Å². The van der Waals surface area contributed by atoms with Gasteiger partial charge in [0.15, 0.2) is 0 Å². The van der Waals surface area contributed by atoms with Crippen molar-refractivity contribution >= 4 is 3.21 Å². The minimum atomic E-state index is 0. The van der Waals surface area contributed by atoms with E-state index in [1.807, 2.05) is 6.07 Å². The van der Waals surface area contributed by atoms with Gasteiger partial charge in [0, 0.05) is 12.5 Å². The monoisotopic (exact) mass is 624 g/mol. The Hall–Kier alpha value is -1.60. The van der Waals surface area contributed by atoms with E-state index < -0.39 is 0 Å². The van der Waals surface area contributed by atoms with Crippen molar-refractivity contribution in [2.75, 3.05) is 0 Å². The molecule has 1 aliphatic carbocycles. The Kier molecular flexibility index (Phi) is 12.8. The van der Waals surface area contributed by atoms with Crippen LogP contribution in [0.2, 0.25) is 0 Å². The van der Waals surface area contributed by atoms with Crippen LogP contribution in [0, 0.1) is 13.0 Å². The van der Waals surface area contributed by atoms with E-state index in [0.717, 1.165) is 12.0 Å². The van der Waals surface area contributed by atoms with Gasteiger partial charge in [0.1, 0.15) is 0 Å². The zero-order valence-electron chi connectivity index (χ0n) is 24.2. The second-order valence-corrected chi connectivity index (χ2v) is 14.4. The number of benzene rings is 2. The molecule has 1 nitrogen and oxygen atoms in total. The maximum absolute atomic E-state index is 4.99. The molecule has 0 spiro atoms. The van der Waals surface area contributed by atoms with E-state index in [-0.39, 0.29) is 35.6 Å². The van der Waals surface area contributed by atoms with Crippen LogP contribution in [0.4, 0.5) is 0 Å². The van der Waals surface area contributed by atoms with Crippen molar-refractivity contribution < 1.29 is 53.5 Å². The Morgan fingerprint density at radius 1 is 0.895 bits per heavy atom. The molecule has 1 aromatic heterocycles. The van der Waals surface area contributed by atoms with Gasteiger partial charge in [-0.05, 0) is 17.4 Å². The van der Waals surface area contributed by atoms with Gasteiger partial charge in [-0.1, -0.05) is 100 Å². The van der Waals surface area contributed by atoms with Gasteiger partial charge in [-0.2, -0.15) is 35.4 Å². The van der Waals surface area contributed by atoms with Crippen LogP contribution >= 0.6 is 0 Å². The van der Waals surface area contributed by atoms with Gasteiger partial charge in [0.2, 0.25) is 0 Å². The SMILES string of the molecule is CC(C)(C)c1c[c-]c2c(c1)-c1cc(C(C)(C)C)ccc1C2.C[C](C)=[Zr+2].Cc1ccc[c-]1-c1ccoc1.[Cl-].[Cl-]. The maximum Gasteiger partial charge on any atom is 0.0471 e. The van der Waals surface area contributed by atoms with Crippen LogP contribution in [0.15, 0.2) is 71.5 Å². The molecule has 0 bridgehead atoms. The van der Waals surface area contributed by atoms with Gasteiger partial charge in [-0.15, -0.1) is 23.3 Å². The molecule has 202 valence electrons. The molecule has 0 saturated heterocycles. The van der Waals surface area contributed by atoms with E-state index in [0.29, 0.717) is 0 Å². The number of aryl methyl sites for hydroxylation is 1. The summed E-state index contributed by atoms with van der Waals surface area (Å²) in [4.78, 5) is 0. The predicted molar refractivity (Wildman–Crippen MR) is 152 cm³/mol. The summed E-state index contributed by atoms with van der Waals surface area (Å²) in [5.74, 6) is 0. The number of hydrogen-bond acceptors (Lipinski definition) is 1. The van der Waals surface area contributed by atoms with Crippen LogP contribution < -0.4 is 24.8 Å². The first-order valence-corrected chi connectivity index (χ1v) is 14.0. The Bertz CT molecular complexity index is 1250. The molecule has 0 aliphatic heterocycles. The number of rotatable bonds is 1. The molecule has 0 N–H and O–H groups in total. The van der Waals surface area contributed by atoms with Crippen molar-refractivity contribution in [3.05, 3.63) is 101 Å². The quantitative estimate of drug-likeness (QED) is 0.260. The van der Waals surface area contributed by atoms with Crippen LogP contribution in [0.5, 0.6) is 0 Å². The maximum atomic E-state index is 4.99. The van der Waals surface area contributed by atoms with Gasteiger partial charge in [0.25, 0.3) is 0 Å². The third-order valence-electron chi connectivity index (χ3n) is 6.39. The average Bonchev–Trinajstić information content (AvgIpc) is 3.51. The molecule has 1 heterocycles. The molecule has 38 heavy (non-hydrogen) atoms. The number of furan rings is 1. The van der Waals surface area contributed by atoms with Crippen molar-refractivity contribution in [1.29, 1.82) is 0 Å². The molecule has 5 rings (SSSR count). The third-order valence-corrected chi connectivity index (χ3v) is 6.39. The van der Waals surface area contributed by atoms with Crippen molar-refractivity contribution in [3.63, 3.8) is 0 Å². The minimum Gasteiger partial charge on any atom is -1.00 e. The van der Waals surface area contributed by atoms with Gasteiger partial charge in [0.05, 0.1) is 0 Å². The predicted octanol–water partition coefficient (Wildman–Crippen LogP) is 3.38. The van der Waals surface area contributed by atoms with Crippen molar-refractivity contribution in [2.24, 2.45) is 0 Å². The second-order valence-electron chi connectivity index (χ2n) is 12.0. The molecule has 0 fully saturated rings. The molecule has 0 radical (unpaired) electrons. The topological polar surface area (TPSA) is 13.1 Å². The summed E-state index contributed by atoms with van der Waals surface area (Å²) in [6.45, 7) is 20.0. The van der Waals surface area contributed by atoms with E-state index in [9.17, 15) is 0 Å². The van der Waals surface area contributed by atoms with Crippen LogP contribution in [-0.4, -0.2) is 3.21 Å². The molecular formula is C34H40Cl2OZr-2. The fourth-order valence-corrected chi connectivity index (χ4v) is 4.24. The molecule has 0 amide bonds. The van der Waals surface area contributed by atoms with Crippen molar-refractivity contribution in [2.45, 2.75) is 79.6 Å². The normalized spacial score (nSPS) is 11.4. The van der Waals surface area contributed by atoms with E-state index in [2.05, 4.69) is 117 Å². The largest absolute Gasteiger partial charge is 1.00 e. The molecule has 0 saturated carbocycles. The van der Waals surface area contributed by atoms with Crippen LogP contribution in [0.3, 0.4) is 0 Å². The minimum absolute atomic E-state index is 0. The molecule has 0 atom stereocenters. The van der Waals surface area contributed by atoms with Crippen LogP contribution in [0.25, 0.3) is 22.3 Å². The average molecular weight is 627 g/mol. The fourth-order valence-electron chi connectivity index (χ4n) is 4.24. The first kappa shape index (κ1) is 34.4. The van der Waals surface area contributed by atoms with E-state index in [1.165, 1.54) is 47.7 Å². The van der Waals surface area contributed by atoms with Gasteiger partial charge in [-0.25, -0.2) is 0 Å². The summed E-state index contributed by atoms with van der Waals surface area (Å²) in [5.41, 5.74) is 12.5. The zero-order chi connectivity index (χ0) is 26.7. The number of fused-ring (bicyclic) bond motifs is 3. The van der Waals surface area contributed by atoms with Gasteiger partial charge in [-0.3, -0.25) is 0 Å². The molecule has 0 unspecified atom stereocenters.